The summed E-state index contributed by atoms with van der Waals surface area (Å²) in [6, 6.07) is 0. The molecule has 0 N–H and O–H groups in total. The highest BCUT2D eigenvalue weighted by Gasteiger charge is 2.22. The van der Waals surface area contributed by atoms with Crippen LogP contribution in [0.3, 0.4) is 0 Å². The number of halogens is 1. The first-order valence-electron chi connectivity index (χ1n) is 4.54. The molecule has 0 aromatic rings. The third-order valence-corrected chi connectivity index (χ3v) is 2.67. The second kappa shape index (κ2) is 4.13. The fourth-order valence-electron chi connectivity index (χ4n) is 1.43. The number of nitrogens with zero attached hydrogens (tertiary/aromatic N) is 1. The van der Waals surface area contributed by atoms with Crippen LogP contribution in [0.1, 0.15) is 26.7 Å². The maximum absolute atomic E-state index is 11.5. The van der Waals surface area contributed by atoms with E-state index in [9.17, 15) is 4.79 Å². The van der Waals surface area contributed by atoms with Gasteiger partial charge in [0.15, 0.2) is 0 Å². The van der Waals surface area contributed by atoms with Crippen LogP contribution >= 0.6 is 11.6 Å². The van der Waals surface area contributed by atoms with Crippen LogP contribution < -0.4 is 0 Å². The fraction of sp³-hybridized carbons (Fsp3) is 0.889. The van der Waals surface area contributed by atoms with Crippen LogP contribution in [0, 0.1) is 5.92 Å². The van der Waals surface area contributed by atoms with Gasteiger partial charge in [0.1, 0.15) is 0 Å². The van der Waals surface area contributed by atoms with Crippen LogP contribution in [-0.2, 0) is 4.79 Å². The second-order valence-electron chi connectivity index (χ2n) is 3.65. The maximum atomic E-state index is 11.5. The largest absolute Gasteiger partial charge is 0.342 e. The van der Waals surface area contributed by atoms with Gasteiger partial charge in [0.05, 0.1) is 0 Å². The smallest absolute Gasteiger partial charge is 0.225 e. The SMILES string of the molecule is CC(C)C(=O)N1CCC(Cl)CC1. The molecule has 0 unspecified atom stereocenters. The number of carbonyl (C=O) groups excluding carboxylic acids is 1. The van der Waals surface area contributed by atoms with Gasteiger partial charge in [-0.15, -0.1) is 11.6 Å². The lowest BCUT2D eigenvalue weighted by Gasteiger charge is -2.30. The van der Waals surface area contributed by atoms with Gasteiger partial charge >= 0.3 is 0 Å². The summed E-state index contributed by atoms with van der Waals surface area (Å²) in [6.07, 6.45) is 1.89. The Morgan fingerprint density at radius 2 is 1.92 bits per heavy atom. The van der Waals surface area contributed by atoms with Gasteiger partial charge in [0.25, 0.3) is 0 Å². The molecular weight excluding hydrogens is 174 g/mol. The third-order valence-electron chi connectivity index (χ3n) is 2.23. The Labute approximate surface area is 78.9 Å². The molecule has 1 heterocycles. The van der Waals surface area contributed by atoms with E-state index in [4.69, 9.17) is 11.6 Å². The normalized spacial score (nSPS) is 20.2. The second-order valence-corrected chi connectivity index (χ2v) is 4.27. The maximum Gasteiger partial charge on any atom is 0.225 e. The molecule has 0 radical (unpaired) electrons. The fourth-order valence-corrected chi connectivity index (χ4v) is 1.63. The molecule has 1 amide bonds. The zero-order valence-corrected chi connectivity index (χ0v) is 8.47. The zero-order chi connectivity index (χ0) is 9.14. The first kappa shape index (κ1) is 9.85. The Morgan fingerprint density at radius 3 is 2.33 bits per heavy atom. The Kier molecular flexibility index (Phi) is 3.39. The average molecular weight is 190 g/mol. The summed E-state index contributed by atoms with van der Waals surface area (Å²) in [7, 11) is 0. The number of likely N-dealkylation sites (tertiary alicyclic amines) is 1. The molecule has 0 aliphatic carbocycles. The molecule has 70 valence electrons. The van der Waals surface area contributed by atoms with Crippen LogP contribution in [0.4, 0.5) is 0 Å². The first-order valence-corrected chi connectivity index (χ1v) is 4.97. The molecule has 0 aromatic heterocycles. The van der Waals surface area contributed by atoms with E-state index < -0.39 is 0 Å². The summed E-state index contributed by atoms with van der Waals surface area (Å²) in [4.78, 5) is 13.4. The molecule has 1 aliphatic heterocycles. The van der Waals surface area contributed by atoms with Crippen molar-refractivity contribution in [2.45, 2.75) is 32.1 Å². The summed E-state index contributed by atoms with van der Waals surface area (Å²) in [6.45, 7) is 5.56. The minimum absolute atomic E-state index is 0.122. The van der Waals surface area contributed by atoms with Crippen molar-refractivity contribution in [1.82, 2.24) is 4.90 Å². The topological polar surface area (TPSA) is 20.3 Å². The molecule has 0 spiro atoms. The number of piperidine rings is 1. The van der Waals surface area contributed by atoms with Crippen molar-refractivity contribution in [2.75, 3.05) is 13.1 Å². The minimum Gasteiger partial charge on any atom is -0.342 e. The van der Waals surface area contributed by atoms with Gasteiger partial charge in [-0.05, 0) is 12.8 Å². The summed E-state index contributed by atoms with van der Waals surface area (Å²) < 4.78 is 0. The van der Waals surface area contributed by atoms with Crippen molar-refractivity contribution >= 4 is 17.5 Å². The van der Waals surface area contributed by atoms with Gasteiger partial charge in [-0.25, -0.2) is 0 Å². The lowest BCUT2D eigenvalue weighted by atomic mass is 10.1. The predicted octanol–water partition coefficient (Wildman–Crippen LogP) is 1.87. The third kappa shape index (κ3) is 2.37. The van der Waals surface area contributed by atoms with E-state index in [-0.39, 0.29) is 17.2 Å². The van der Waals surface area contributed by atoms with E-state index in [0.717, 1.165) is 25.9 Å². The molecule has 1 saturated heterocycles. The molecule has 12 heavy (non-hydrogen) atoms. The summed E-state index contributed by atoms with van der Waals surface area (Å²) in [5, 5.41) is 0.279. The first-order chi connectivity index (χ1) is 5.61. The Morgan fingerprint density at radius 1 is 1.42 bits per heavy atom. The van der Waals surface area contributed by atoms with Crippen LogP contribution in [-0.4, -0.2) is 29.3 Å². The number of amides is 1. The van der Waals surface area contributed by atoms with Crippen LogP contribution in [0.5, 0.6) is 0 Å². The Bertz CT molecular complexity index is 162. The summed E-state index contributed by atoms with van der Waals surface area (Å²) >= 11 is 5.93. The summed E-state index contributed by atoms with van der Waals surface area (Å²) in [5.74, 6) is 0.385. The van der Waals surface area contributed by atoms with Crippen molar-refractivity contribution in [2.24, 2.45) is 5.92 Å². The van der Waals surface area contributed by atoms with E-state index in [1.54, 1.807) is 0 Å². The molecule has 0 aromatic carbocycles. The standard InChI is InChI=1S/C9H16ClNO/c1-7(2)9(12)11-5-3-8(10)4-6-11/h7-8H,3-6H2,1-2H3. The number of alkyl halides is 1. The van der Waals surface area contributed by atoms with Gasteiger partial charge in [0, 0.05) is 24.4 Å². The molecule has 3 heteroatoms. The van der Waals surface area contributed by atoms with Gasteiger partial charge in [0.2, 0.25) is 5.91 Å². The predicted molar refractivity (Wildman–Crippen MR) is 50.3 cm³/mol. The zero-order valence-electron chi connectivity index (χ0n) is 7.72. The lowest BCUT2D eigenvalue weighted by molar-refractivity contribution is -0.135. The van der Waals surface area contributed by atoms with Crippen LogP contribution in [0.15, 0.2) is 0 Å². The molecule has 1 aliphatic rings. The molecule has 0 atom stereocenters. The van der Waals surface area contributed by atoms with Gasteiger partial charge in [-0.3, -0.25) is 4.79 Å². The van der Waals surface area contributed by atoms with Gasteiger partial charge < -0.3 is 4.90 Å². The Balaban J connectivity index is 2.39. The van der Waals surface area contributed by atoms with Crippen molar-refractivity contribution in [3.8, 4) is 0 Å². The monoisotopic (exact) mass is 189 g/mol. The highest BCUT2D eigenvalue weighted by Crippen LogP contribution is 2.16. The molecule has 0 bridgehead atoms. The highest BCUT2D eigenvalue weighted by molar-refractivity contribution is 6.20. The van der Waals surface area contributed by atoms with Gasteiger partial charge in [-0.2, -0.15) is 0 Å². The van der Waals surface area contributed by atoms with Crippen molar-refractivity contribution in [3.63, 3.8) is 0 Å². The van der Waals surface area contributed by atoms with Crippen molar-refractivity contribution in [3.05, 3.63) is 0 Å². The molecule has 0 saturated carbocycles. The van der Waals surface area contributed by atoms with E-state index in [1.165, 1.54) is 0 Å². The Hall–Kier alpha value is -0.240. The average Bonchev–Trinajstić information content (AvgIpc) is 2.04. The number of hydrogen-bond acceptors (Lipinski definition) is 1. The van der Waals surface area contributed by atoms with Gasteiger partial charge in [-0.1, -0.05) is 13.8 Å². The molecule has 2 nitrogen and oxygen atoms in total. The quantitative estimate of drug-likeness (QED) is 0.577. The minimum atomic E-state index is 0.122. The van der Waals surface area contributed by atoms with E-state index in [0.29, 0.717) is 0 Å². The van der Waals surface area contributed by atoms with Crippen molar-refractivity contribution < 1.29 is 4.79 Å². The van der Waals surface area contributed by atoms with E-state index >= 15 is 0 Å². The highest BCUT2D eigenvalue weighted by atomic mass is 35.5. The summed E-state index contributed by atoms with van der Waals surface area (Å²) in [5.41, 5.74) is 0. The van der Waals surface area contributed by atoms with Crippen LogP contribution in [0.25, 0.3) is 0 Å². The van der Waals surface area contributed by atoms with Crippen molar-refractivity contribution in [1.29, 1.82) is 0 Å². The van der Waals surface area contributed by atoms with E-state index in [2.05, 4.69) is 0 Å². The van der Waals surface area contributed by atoms with Crippen LogP contribution in [0.2, 0.25) is 0 Å². The number of carbonyl (C=O) groups is 1. The molecule has 1 fully saturated rings. The van der Waals surface area contributed by atoms with E-state index in [1.807, 2.05) is 18.7 Å². The molecular formula is C9H16ClNO. The number of rotatable bonds is 1. The molecule has 1 rings (SSSR count). The lowest BCUT2D eigenvalue weighted by Crippen LogP contribution is -2.40. The number of hydrogen-bond donors (Lipinski definition) is 0.